The molecule has 0 aliphatic heterocycles. The van der Waals surface area contributed by atoms with E-state index >= 15 is 0 Å². The number of rotatable bonds is 6. The minimum Gasteiger partial charge on any atom is -0.310 e. The molecule has 9 aromatic rings. The van der Waals surface area contributed by atoms with Gasteiger partial charge in [0.15, 0.2) is 0 Å². The summed E-state index contributed by atoms with van der Waals surface area (Å²) >= 11 is 0. The van der Waals surface area contributed by atoms with Gasteiger partial charge in [-0.1, -0.05) is 170 Å². The summed E-state index contributed by atoms with van der Waals surface area (Å²) in [6.07, 6.45) is 0. The molecule has 0 amide bonds. The molecule has 49 heavy (non-hydrogen) atoms. The van der Waals surface area contributed by atoms with E-state index in [-0.39, 0.29) is 0 Å². The Balaban J connectivity index is 1.24. The van der Waals surface area contributed by atoms with Crippen molar-refractivity contribution in [1.29, 1.82) is 0 Å². The van der Waals surface area contributed by atoms with Crippen LogP contribution in [0.3, 0.4) is 0 Å². The van der Waals surface area contributed by atoms with Crippen molar-refractivity contribution in [3.05, 3.63) is 200 Å². The predicted octanol–water partition coefficient (Wildman–Crippen LogP) is 13.6. The van der Waals surface area contributed by atoms with E-state index in [0.717, 1.165) is 17.1 Å². The molecule has 0 saturated heterocycles. The first-order chi connectivity index (χ1) is 24.3. The minimum absolute atomic E-state index is 1.11. The van der Waals surface area contributed by atoms with Gasteiger partial charge in [0.05, 0.1) is 5.69 Å². The van der Waals surface area contributed by atoms with E-state index < -0.39 is 0 Å². The van der Waals surface area contributed by atoms with E-state index in [4.69, 9.17) is 0 Å². The van der Waals surface area contributed by atoms with Gasteiger partial charge in [0.1, 0.15) is 0 Å². The lowest BCUT2D eigenvalue weighted by molar-refractivity contribution is 1.29. The Kier molecular flexibility index (Phi) is 7.22. The monoisotopic (exact) mass is 623 g/mol. The van der Waals surface area contributed by atoms with Crippen molar-refractivity contribution in [2.45, 2.75) is 0 Å². The molecular weight excluding hydrogens is 591 g/mol. The van der Waals surface area contributed by atoms with Crippen LogP contribution in [-0.2, 0) is 0 Å². The molecular formula is C48H33N. The van der Waals surface area contributed by atoms with E-state index in [1.54, 1.807) is 0 Å². The quantitative estimate of drug-likeness (QED) is 0.167. The Morgan fingerprint density at radius 3 is 1.45 bits per heavy atom. The molecule has 0 N–H and O–H groups in total. The maximum Gasteiger partial charge on any atom is 0.0540 e. The van der Waals surface area contributed by atoms with Crippen molar-refractivity contribution < 1.29 is 0 Å². The molecule has 0 atom stereocenters. The van der Waals surface area contributed by atoms with Gasteiger partial charge in [-0.05, 0) is 90.5 Å². The molecule has 0 radical (unpaired) electrons. The molecule has 9 aromatic carbocycles. The summed E-state index contributed by atoms with van der Waals surface area (Å²) in [7, 11) is 0. The summed E-state index contributed by atoms with van der Waals surface area (Å²) in [5.41, 5.74) is 10.6. The fraction of sp³-hybridized carbons (Fsp3) is 0. The molecule has 230 valence electrons. The van der Waals surface area contributed by atoms with Crippen LogP contribution in [0.4, 0.5) is 17.1 Å². The zero-order valence-electron chi connectivity index (χ0n) is 27.0. The largest absolute Gasteiger partial charge is 0.310 e. The summed E-state index contributed by atoms with van der Waals surface area (Å²) in [6.45, 7) is 0. The van der Waals surface area contributed by atoms with Gasteiger partial charge in [-0.3, -0.25) is 0 Å². The van der Waals surface area contributed by atoms with Gasteiger partial charge in [-0.2, -0.15) is 0 Å². The van der Waals surface area contributed by atoms with Gasteiger partial charge >= 0.3 is 0 Å². The number of nitrogens with zero attached hydrogens (tertiary/aromatic N) is 1. The van der Waals surface area contributed by atoms with E-state index in [9.17, 15) is 0 Å². The van der Waals surface area contributed by atoms with Crippen LogP contribution in [0.2, 0.25) is 0 Å². The van der Waals surface area contributed by atoms with Crippen LogP contribution in [0.15, 0.2) is 200 Å². The highest BCUT2D eigenvalue weighted by molar-refractivity contribution is 6.20. The lowest BCUT2D eigenvalue weighted by Gasteiger charge is -2.28. The molecule has 0 aromatic heterocycles. The lowest BCUT2D eigenvalue weighted by Crippen LogP contribution is -2.11. The Morgan fingerprint density at radius 2 is 0.755 bits per heavy atom. The fourth-order valence-corrected chi connectivity index (χ4v) is 7.20. The Morgan fingerprint density at radius 1 is 0.286 bits per heavy atom. The Labute approximate surface area is 287 Å². The van der Waals surface area contributed by atoms with Crippen molar-refractivity contribution in [2.24, 2.45) is 0 Å². The molecule has 0 unspecified atom stereocenters. The third-order valence-electron chi connectivity index (χ3n) is 9.65. The summed E-state index contributed by atoms with van der Waals surface area (Å²) in [4.78, 5) is 2.42. The second kappa shape index (κ2) is 12.3. The lowest BCUT2D eigenvalue weighted by atomic mass is 9.95. The SMILES string of the molecule is c1ccc(-c2ccc(-c3ccccc3N(c3ccc(-c4ccccc4)cc3)c3ccc4ccc5ccc6ccccc6c5c4c3)cc2)cc1. The minimum atomic E-state index is 1.11. The van der Waals surface area contributed by atoms with Crippen molar-refractivity contribution in [3.8, 4) is 33.4 Å². The van der Waals surface area contributed by atoms with Gasteiger partial charge < -0.3 is 4.90 Å². The normalized spacial score (nSPS) is 11.3. The van der Waals surface area contributed by atoms with Crippen LogP contribution in [-0.4, -0.2) is 0 Å². The van der Waals surface area contributed by atoms with Crippen molar-refractivity contribution >= 4 is 49.4 Å². The number of benzene rings is 9. The van der Waals surface area contributed by atoms with Gasteiger partial charge in [-0.15, -0.1) is 0 Å². The first-order valence-electron chi connectivity index (χ1n) is 16.8. The third-order valence-corrected chi connectivity index (χ3v) is 9.65. The summed E-state index contributed by atoms with van der Waals surface area (Å²) in [5, 5.41) is 7.56. The molecule has 0 spiro atoms. The molecule has 0 bridgehead atoms. The average molecular weight is 624 g/mol. The smallest absolute Gasteiger partial charge is 0.0540 e. The zero-order chi connectivity index (χ0) is 32.6. The average Bonchev–Trinajstić information content (AvgIpc) is 3.19. The Bertz CT molecular complexity index is 2560. The molecule has 0 fully saturated rings. The summed E-state index contributed by atoms with van der Waals surface area (Å²) < 4.78 is 0. The predicted molar refractivity (Wildman–Crippen MR) is 210 cm³/mol. The van der Waals surface area contributed by atoms with Crippen LogP contribution in [0.25, 0.3) is 65.7 Å². The molecule has 0 heterocycles. The molecule has 9 rings (SSSR count). The topological polar surface area (TPSA) is 3.24 Å². The highest BCUT2D eigenvalue weighted by Crippen LogP contribution is 2.43. The van der Waals surface area contributed by atoms with Gasteiger partial charge in [0.2, 0.25) is 0 Å². The van der Waals surface area contributed by atoms with Gasteiger partial charge in [0.25, 0.3) is 0 Å². The first-order valence-corrected chi connectivity index (χ1v) is 16.8. The highest BCUT2D eigenvalue weighted by Gasteiger charge is 2.18. The molecule has 0 aliphatic carbocycles. The second-order valence-corrected chi connectivity index (χ2v) is 12.6. The van der Waals surface area contributed by atoms with E-state index in [1.807, 2.05) is 0 Å². The maximum atomic E-state index is 2.42. The van der Waals surface area contributed by atoms with Crippen LogP contribution >= 0.6 is 0 Å². The third kappa shape index (κ3) is 5.32. The fourth-order valence-electron chi connectivity index (χ4n) is 7.20. The standard InChI is InChI=1S/C48H33N/c1-3-11-34(12-4-1)36-19-21-39(22-20-36)44-16-9-10-18-47(44)49(42-30-27-37(28-31-42)35-13-5-2-6-14-35)43-32-29-40-24-26-41-25-23-38-15-7-8-17-45(38)48(41)46(40)33-43/h1-33H. The second-order valence-electron chi connectivity index (χ2n) is 12.6. The zero-order valence-corrected chi connectivity index (χ0v) is 27.0. The maximum absolute atomic E-state index is 2.42. The summed E-state index contributed by atoms with van der Waals surface area (Å²) in [5.74, 6) is 0. The van der Waals surface area contributed by atoms with E-state index in [2.05, 4.69) is 205 Å². The Hall–Kier alpha value is -6.44. The van der Waals surface area contributed by atoms with Gasteiger partial charge in [0, 0.05) is 16.9 Å². The first kappa shape index (κ1) is 28.8. The van der Waals surface area contributed by atoms with Crippen molar-refractivity contribution in [1.82, 2.24) is 0 Å². The number of fused-ring (bicyclic) bond motifs is 5. The van der Waals surface area contributed by atoms with Crippen molar-refractivity contribution in [3.63, 3.8) is 0 Å². The van der Waals surface area contributed by atoms with E-state index in [0.29, 0.717) is 0 Å². The molecule has 0 aliphatic rings. The van der Waals surface area contributed by atoms with Crippen LogP contribution in [0.1, 0.15) is 0 Å². The molecule has 0 saturated carbocycles. The molecule has 1 heteroatoms. The van der Waals surface area contributed by atoms with Crippen LogP contribution in [0, 0.1) is 0 Å². The van der Waals surface area contributed by atoms with Gasteiger partial charge in [-0.25, -0.2) is 0 Å². The number of hydrogen-bond donors (Lipinski definition) is 0. The van der Waals surface area contributed by atoms with Crippen LogP contribution in [0.5, 0.6) is 0 Å². The van der Waals surface area contributed by atoms with Crippen molar-refractivity contribution in [2.75, 3.05) is 4.90 Å². The number of anilines is 3. The van der Waals surface area contributed by atoms with Crippen LogP contribution < -0.4 is 4.90 Å². The number of hydrogen-bond acceptors (Lipinski definition) is 1. The summed E-state index contributed by atoms with van der Waals surface area (Å²) in [6, 6.07) is 72.5. The highest BCUT2D eigenvalue weighted by atomic mass is 15.1. The molecule has 1 nitrogen and oxygen atoms in total. The van der Waals surface area contributed by atoms with E-state index in [1.165, 1.54) is 65.7 Å². The number of para-hydroxylation sites is 1.